The topological polar surface area (TPSA) is 70.2 Å². The lowest BCUT2D eigenvalue weighted by atomic mass is 10.1. The molecule has 3 rings (SSSR count). The molecule has 5 heteroatoms. The minimum absolute atomic E-state index is 0.151. The summed E-state index contributed by atoms with van der Waals surface area (Å²) in [4.78, 5) is 23.2. The van der Waals surface area contributed by atoms with Crippen LogP contribution in [0.1, 0.15) is 6.92 Å². The Kier molecular flexibility index (Phi) is 4.95. The second kappa shape index (κ2) is 7.49. The predicted octanol–water partition coefficient (Wildman–Crippen LogP) is 3.85. The highest BCUT2D eigenvalue weighted by atomic mass is 16.2. The van der Waals surface area contributed by atoms with Crippen molar-refractivity contribution in [1.82, 2.24) is 0 Å². The van der Waals surface area contributed by atoms with Gasteiger partial charge in [-0.2, -0.15) is 0 Å². The van der Waals surface area contributed by atoms with Crippen LogP contribution in [0.2, 0.25) is 0 Å². The van der Waals surface area contributed by atoms with Crippen molar-refractivity contribution in [2.45, 2.75) is 6.92 Å². The van der Waals surface area contributed by atoms with Crippen molar-refractivity contribution in [3.05, 3.63) is 66.7 Å². The molecule has 0 bridgehead atoms. The Morgan fingerprint density at radius 2 is 1.48 bits per heavy atom. The van der Waals surface area contributed by atoms with Crippen molar-refractivity contribution in [3.8, 4) is 0 Å². The predicted molar refractivity (Wildman–Crippen MR) is 102 cm³/mol. The van der Waals surface area contributed by atoms with Gasteiger partial charge >= 0.3 is 0 Å². The second-order valence-electron chi connectivity index (χ2n) is 5.73. The number of carbonyl (C=O) groups is 2. The minimum atomic E-state index is -0.159. The molecule has 0 saturated heterocycles. The van der Waals surface area contributed by atoms with Gasteiger partial charge in [-0.15, -0.1) is 0 Å². The van der Waals surface area contributed by atoms with Gasteiger partial charge in [-0.3, -0.25) is 9.59 Å². The van der Waals surface area contributed by atoms with Crippen LogP contribution in [0.25, 0.3) is 10.8 Å². The molecule has 0 saturated carbocycles. The van der Waals surface area contributed by atoms with E-state index in [2.05, 4.69) is 16.0 Å². The van der Waals surface area contributed by atoms with E-state index in [1.54, 1.807) is 24.3 Å². The summed E-state index contributed by atoms with van der Waals surface area (Å²) in [5.41, 5.74) is 2.17. The first-order chi connectivity index (χ1) is 12.1. The third-order valence-electron chi connectivity index (χ3n) is 3.67. The number of benzene rings is 3. The van der Waals surface area contributed by atoms with E-state index in [-0.39, 0.29) is 18.4 Å². The lowest BCUT2D eigenvalue weighted by Crippen LogP contribution is -2.21. The summed E-state index contributed by atoms with van der Waals surface area (Å²) in [5, 5.41) is 10.9. The Bertz CT molecular complexity index is 921. The molecule has 3 aromatic carbocycles. The molecule has 126 valence electrons. The van der Waals surface area contributed by atoms with E-state index in [4.69, 9.17) is 0 Å². The molecular weight excluding hydrogens is 314 g/mol. The van der Waals surface area contributed by atoms with E-state index in [0.29, 0.717) is 11.4 Å². The molecule has 0 radical (unpaired) electrons. The van der Waals surface area contributed by atoms with Gasteiger partial charge in [0.2, 0.25) is 11.8 Å². The van der Waals surface area contributed by atoms with Crippen LogP contribution in [0, 0.1) is 0 Å². The van der Waals surface area contributed by atoms with Crippen molar-refractivity contribution < 1.29 is 9.59 Å². The largest absolute Gasteiger partial charge is 0.376 e. The monoisotopic (exact) mass is 333 g/mol. The average molecular weight is 333 g/mol. The molecule has 2 amide bonds. The number of hydrogen-bond donors (Lipinski definition) is 3. The van der Waals surface area contributed by atoms with E-state index in [0.717, 1.165) is 16.5 Å². The number of nitrogens with one attached hydrogen (secondary N) is 3. The number of rotatable bonds is 5. The van der Waals surface area contributed by atoms with Crippen LogP contribution in [0.4, 0.5) is 17.1 Å². The van der Waals surface area contributed by atoms with Gasteiger partial charge in [0.25, 0.3) is 0 Å². The van der Waals surface area contributed by atoms with E-state index in [9.17, 15) is 9.59 Å². The van der Waals surface area contributed by atoms with E-state index < -0.39 is 0 Å². The van der Waals surface area contributed by atoms with Gasteiger partial charge in [0.1, 0.15) is 0 Å². The standard InChI is InChI=1S/C20H19N3O2/c1-14(24)22-18-7-4-8-19(12-18)23-20(25)13-21-17-10-9-15-5-2-3-6-16(15)11-17/h2-12,21H,13H2,1H3,(H,22,24)(H,23,25). The van der Waals surface area contributed by atoms with E-state index >= 15 is 0 Å². The zero-order valence-electron chi connectivity index (χ0n) is 13.9. The molecule has 0 heterocycles. The first-order valence-electron chi connectivity index (χ1n) is 8.00. The van der Waals surface area contributed by atoms with Crippen molar-refractivity contribution in [2.24, 2.45) is 0 Å². The number of fused-ring (bicyclic) bond motifs is 1. The summed E-state index contributed by atoms with van der Waals surface area (Å²) >= 11 is 0. The maximum atomic E-state index is 12.1. The second-order valence-corrected chi connectivity index (χ2v) is 5.73. The lowest BCUT2D eigenvalue weighted by molar-refractivity contribution is -0.115. The van der Waals surface area contributed by atoms with Crippen LogP contribution >= 0.6 is 0 Å². The maximum absolute atomic E-state index is 12.1. The number of carbonyl (C=O) groups excluding carboxylic acids is 2. The van der Waals surface area contributed by atoms with Crippen LogP contribution in [0.3, 0.4) is 0 Å². The van der Waals surface area contributed by atoms with Gasteiger partial charge in [0, 0.05) is 24.0 Å². The minimum Gasteiger partial charge on any atom is -0.376 e. The average Bonchev–Trinajstić information content (AvgIpc) is 2.59. The Labute approximate surface area is 146 Å². The highest BCUT2D eigenvalue weighted by molar-refractivity contribution is 5.95. The summed E-state index contributed by atoms with van der Waals surface area (Å²) in [5.74, 6) is -0.311. The molecule has 25 heavy (non-hydrogen) atoms. The molecule has 0 aliphatic rings. The number of hydrogen-bond acceptors (Lipinski definition) is 3. The maximum Gasteiger partial charge on any atom is 0.243 e. The lowest BCUT2D eigenvalue weighted by Gasteiger charge is -2.10. The Morgan fingerprint density at radius 3 is 2.24 bits per heavy atom. The van der Waals surface area contributed by atoms with Crippen LogP contribution in [-0.4, -0.2) is 18.4 Å². The van der Waals surface area contributed by atoms with E-state index in [1.807, 2.05) is 42.5 Å². The first-order valence-corrected chi connectivity index (χ1v) is 8.00. The van der Waals surface area contributed by atoms with Gasteiger partial charge in [0.05, 0.1) is 6.54 Å². The molecule has 0 spiro atoms. The molecule has 0 aromatic heterocycles. The molecule has 0 unspecified atom stereocenters. The van der Waals surface area contributed by atoms with Crippen LogP contribution in [0.5, 0.6) is 0 Å². The molecule has 0 aliphatic carbocycles. The number of anilines is 3. The van der Waals surface area contributed by atoms with Crippen molar-refractivity contribution in [3.63, 3.8) is 0 Å². The quantitative estimate of drug-likeness (QED) is 0.664. The van der Waals surface area contributed by atoms with Gasteiger partial charge < -0.3 is 16.0 Å². The summed E-state index contributed by atoms with van der Waals surface area (Å²) in [7, 11) is 0. The van der Waals surface area contributed by atoms with Crippen molar-refractivity contribution in [2.75, 3.05) is 22.5 Å². The SMILES string of the molecule is CC(=O)Nc1cccc(NC(=O)CNc2ccc3ccccc3c2)c1. The van der Waals surface area contributed by atoms with Crippen molar-refractivity contribution in [1.29, 1.82) is 0 Å². The fraction of sp³-hybridized carbons (Fsp3) is 0.100. The summed E-state index contributed by atoms with van der Waals surface area (Å²) in [6, 6.07) is 21.1. The molecular formula is C20H19N3O2. The Balaban J connectivity index is 1.59. The third-order valence-corrected chi connectivity index (χ3v) is 3.67. The molecule has 5 nitrogen and oxygen atoms in total. The molecule has 0 atom stereocenters. The molecule has 0 fully saturated rings. The van der Waals surface area contributed by atoms with Crippen LogP contribution < -0.4 is 16.0 Å². The molecule has 0 aliphatic heterocycles. The molecule has 3 aromatic rings. The Hall–Kier alpha value is -3.34. The first kappa shape index (κ1) is 16.5. The third kappa shape index (κ3) is 4.57. The fourth-order valence-electron chi connectivity index (χ4n) is 2.56. The highest BCUT2D eigenvalue weighted by Gasteiger charge is 2.04. The summed E-state index contributed by atoms with van der Waals surface area (Å²) < 4.78 is 0. The smallest absolute Gasteiger partial charge is 0.243 e. The van der Waals surface area contributed by atoms with E-state index in [1.165, 1.54) is 6.92 Å². The number of amides is 2. The van der Waals surface area contributed by atoms with Gasteiger partial charge in [-0.05, 0) is 41.1 Å². The van der Waals surface area contributed by atoms with Gasteiger partial charge in [-0.25, -0.2) is 0 Å². The zero-order valence-corrected chi connectivity index (χ0v) is 13.9. The normalized spacial score (nSPS) is 10.3. The summed E-state index contributed by atoms with van der Waals surface area (Å²) in [6.07, 6.45) is 0. The Morgan fingerprint density at radius 1 is 0.760 bits per heavy atom. The fourth-order valence-corrected chi connectivity index (χ4v) is 2.56. The zero-order chi connectivity index (χ0) is 17.6. The van der Waals surface area contributed by atoms with Gasteiger partial charge in [0.15, 0.2) is 0 Å². The van der Waals surface area contributed by atoms with Crippen molar-refractivity contribution >= 4 is 39.6 Å². The summed E-state index contributed by atoms with van der Waals surface area (Å²) in [6.45, 7) is 1.60. The highest BCUT2D eigenvalue weighted by Crippen LogP contribution is 2.19. The van der Waals surface area contributed by atoms with Crippen LogP contribution in [-0.2, 0) is 9.59 Å². The van der Waals surface area contributed by atoms with Crippen LogP contribution in [0.15, 0.2) is 66.7 Å². The van der Waals surface area contributed by atoms with Gasteiger partial charge in [-0.1, -0.05) is 36.4 Å². The molecule has 3 N–H and O–H groups in total.